The first kappa shape index (κ1) is 18.0. The number of hydrogen-bond donors (Lipinski definition) is 2. The number of aliphatic hydroxyl groups is 1. The van der Waals surface area contributed by atoms with Crippen LogP contribution < -0.4 is 5.73 Å². The van der Waals surface area contributed by atoms with Crippen molar-refractivity contribution in [2.24, 2.45) is 5.73 Å². The zero-order valence-electron chi connectivity index (χ0n) is 13.4. The fourth-order valence-corrected chi connectivity index (χ4v) is 2.46. The molecule has 0 amide bonds. The lowest BCUT2D eigenvalue weighted by Gasteiger charge is -2.15. The SMILES string of the molecule is C[C@H](N)C(O)C(=O)Cc1cnn(COCC[Si](C)(C)C)c1. The monoisotopic (exact) mass is 313 g/mol. The van der Waals surface area contributed by atoms with E-state index in [2.05, 4.69) is 24.7 Å². The number of aliphatic hydroxyl groups excluding tert-OH is 1. The van der Waals surface area contributed by atoms with Gasteiger partial charge in [-0.05, 0) is 18.5 Å². The fraction of sp³-hybridized carbons (Fsp3) is 0.714. The first-order chi connectivity index (χ1) is 9.69. The highest BCUT2D eigenvalue weighted by atomic mass is 28.3. The number of rotatable bonds is 9. The summed E-state index contributed by atoms with van der Waals surface area (Å²) in [6, 6.07) is 0.553. The number of hydrogen-bond acceptors (Lipinski definition) is 5. The number of nitrogens with two attached hydrogens (primary N) is 1. The van der Waals surface area contributed by atoms with Gasteiger partial charge in [-0.3, -0.25) is 4.79 Å². The maximum Gasteiger partial charge on any atom is 0.167 e. The quantitative estimate of drug-likeness (QED) is 0.524. The normalized spacial score (nSPS) is 15.0. The highest BCUT2D eigenvalue weighted by Gasteiger charge is 2.19. The Balaban J connectivity index is 2.38. The third kappa shape index (κ3) is 6.99. The second-order valence-electron chi connectivity index (χ2n) is 6.68. The Kier molecular flexibility index (Phi) is 6.73. The van der Waals surface area contributed by atoms with Crippen LogP contribution in [-0.4, -0.2) is 47.5 Å². The van der Waals surface area contributed by atoms with Gasteiger partial charge in [0.05, 0.1) is 6.20 Å². The van der Waals surface area contributed by atoms with Gasteiger partial charge in [-0.2, -0.15) is 5.10 Å². The Bertz CT molecular complexity index is 455. The van der Waals surface area contributed by atoms with Crippen LogP contribution in [0.4, 0.5) is 0 Å². The lowest BCUT2D eigenvalue weighted by molar-refractivity contribution is -0.127. The smallest absolute Gasteiger partial charge is 0.167 e. The van der Waals surface area contributed by atoms with Crippen molar-refractivity contribution in [3.8, 4) is 0 Å². The van der Waals surface area contributed by atoms with Crippen molar-refractivity contribution in [3.05, 3.63) is 18.0 Å². The van der Waals surface area contributed by atoms with Crippen molar-refractivity contribution in [1.29, 1.82) is 0 Å². The minimum atomic E-state index is -1.12. The van der Waals surface area contributed by atoms with E-state index in [1.807, 2.05) is 0 Å². The van der Waals surface area contributed by atoms with Crippen molar-refractivity contribution in [2.75, 3.05) is 6.61 Å². The minimum Gasteiger partial charge on any atom is -0.384 e. The molecule has 6 nitrogen and oxygen atoms in total. The van der Waals surface area contributed by atoms with Crippen molar-refractivity contribution in [3.63, 3.8) is 0 Å². The van der Waals surface area contributed by atoms with Crippen LogP contribution in [0.2, 0.25) is 25.7 Å². The molecular formula is C14H27N3O3Si. The van der Waals surface area contributed by atoms with E-state index >= 15 is 0 Å². The molecule has 2 atom stereocenters. The van der Waals surface area contributed by atoms with Gasteiger partial charge in [0.2, 0.25) is 0 Å². The molecule has 0 radical (unpaired) electrons. The summed E-state index contributed by atoms with van der Waals surface area (Å²) >= 11 is 0. The second kappa shape index (κ2) is 7.84. The van der Waals surface area contributed by atoms with Gasteiger partial charge in [-0.1, -0.05) is 19.6 Å². The third-order valence-corrected chi connectivity index (χ3v) is 4.82. The van der Waals surface area contributed by atoms with Gasteiger partial charge in [0.25, 0.3) is 0 Å². The number of carbonyl (C=O) groups excluding carboxylic acids is 1. The molecule has 0 fully saturated rings. The molecule has 1 heterocycles. The minimum absolute atomic E-state index is 0.137. The molecule has 1 aromatic rings. The zero-order chi connectivity index (χ0) is 16.0. The Morgan fingerprint density at radius 3 is 2.76 bits per heavy atom. The van der Waals surface area contributed by atoms with Crippen LogP contribution in [0.5, 0.6) is 0 Å². The molecule has 1 aromatic heterocycles. The predicted molar refractivity (Wildman–Crippen MR) is 84.7 cm³/mol. The molecule has 0 bridgehead atoms. The predicted octanol–water partition coefficient (Wildman–Crippen LogP) is 1.02. The first-order valence-corrected chi connectivity index (χ1v) is 11.0. The summed E-state index contributed by atoms with van der Waals surface area (Å²) in [5, 5.41) is 13.7. The average Bonchev–Trinajstić information content (AvgIpc) is 2.80. The third-order valence-electron chi connectivity index (χ3n) is 3.11. The van der Waals surface area contributed by atoms with Gasteiger partial charge in [-0.25, -0.2) is 4.68 Å². The van der Waals surface area contributed by atoms with Crippen LogP contribution in [-0.2, 0) is 22.7 Å². The zero-order valence-corrected chi connectivity index (χ0v) is 14.4. The van der Waals surface area contributed by atoms with Crippen LogP contribution >= 0.6 is 0 Å². The Labute approximate surface area is 127 Å². The second-order valence-corrected chi connectivity index (χ2v) is 12.3. The number of nitrogens with zero attached hydrogens (tertiary/aromatic N) is 2. The van der Waals surface area contributed by atoms with E-state index in [0.29, 0.717) is 6.73 Å². The summed E-state index contributed by atoms with van der Waals surface area (Å²) in [4.78, 5) is 11.7. The van der Waals surface area contributed by atoms with Crippen molar-refractivity contribution >= 4 is 13.9 Å². The molecule has 0 aliphatic rings. The fourth-order valence-electron chi connectivity index (χ4n) is 1.70. The molecule has 1 unspecified atom stereocenters. The van der Waals surface area contributed by atoms with Crippen molar-refractivity contribution in [2.45, 2.75) is 57.9 Å². The summed E-state index contributed by atoms with van der Waals surface area (Å²) in [5.74, 6) is -0.288. The number of carbonyl (C=O) groups is 1. The van der Waals surface area contributed by atoms with Crippen molar-refractivity contribution < 1.29 is 14.6 Å². The molecule has 0 saturated carbocycles. The summed E-state index contributed by atoms with van der Waals surface area (Å²) in [7, 11) is -1.07. The standard InChI is InChI=1S/C14H27N3O3Si/c1-11(15)14(19)13(18)7-12-8-16-17(9-12)10-20-5-6-21(2,3)4/h8-9,11,14,19H,5-7,10,15H2,1-4H3/t11-,14?/m0/s1. The maximum absolute atomic E-state index is 11.7. The van der Waals surface area contributed by atoms with Crippen LogP contribution in [0.3, 0.4) is 0 Å². The Hall–Kier alpha value is -1.02. The van der Waals surface area contributed by atoms with E-state index in [0.717, 1.165) is 18.2 Å². The maximum atomic E-state index is 11.7. The topological polar surface area (TPSA) is 90.4 Å². The summed E-state index contributed by atoms with van der Waals surface area (Å²) in [5.41, 5.74) is 6.26. The molecule has 0 aliphatic heterocycles. The summed E-state index contributed by atoms with van der Waals surface area (Å²) < 4.78 is 7.24. The molecule has 21 heavy (non-hydrogen) atoms. The molecule has 0 aromatic carbocycles. The van der Waals surface area contributed by atoms with Gasteiger partial charge in [0, 0.05) is 33.3 Å². The van der Waals surface area contributed by atoms with E-state index in [1.165, 1.54) is 0 Å². The van der Waals surface area contributed by atoms with Crippen molar-refractivity contribution in [1.82, 2.24) is 9.78 Å². The van der Waals surface area contributed by atoms with E-state index in [9.17, 15) is 9.90 Å². The van der Waals surface area contributed by atoms with Crippen LogP contribution in [0.25, 0.3) is 0 Å². The molecule has 0 spiro atoms. The molecule has 0 aliphatic carbocycles. The molecule has 3 N–H and O–H groups in total. The summed E-state index contributed by atoms with van der Waals surface area (Å²) in [6.45, 7) is 9.63. The van der Waals surface area contributed by atoms with Gasteiger partial charge >= 0.3 is 0 Å². The number of ketones is 1. The van der Waals surface area contributed by atoms with Crippen LogP contribution in [0.1, 0.15) is 12.5 Å². The molecule has 120 valence electrons. The highest BCUT2D eigenvalue weighted by Crippen LogP contribution is 2.08. The Morgan fingerprint density at radius 1 is 1.52 bits per heavy atom. The average molecular weight is 313 g/mol. The first-order valence-electron chi connectivity index (χ1n) is 7.24. The van der Waals surface area contributed by atoms with Crippen LogP contribution in [0, 0.1) is 0 Å². The highest BCUT2D eigenvalue weighted by molar-refractivity contribution is 6.76. The summed E-state index contributed by atoms with van der Waals surface area (Å²) in [6.07, 6.45) is 2.40. The van der Waals surface area contributed by atoms with E-state index in [4.69, 9.17) is 10.5 Å². The number of Topliss-reactive ketones (excluding diaryl/α,β-unsaturated/α-hetero) is 1. The Morgan fingerprint density at radius 2 is 2.19 bits per heavy atom. The molecule has 0 saturated heterocycles. The van der Waals surface area contributed by atoms with E-state index in [1.54, 1.807) is 24.0 Å². The van der Waals surface area contributed by atoms with Gasteiger partial charge < -0.3 is 15.6 Å². The van der Waals surface area contributed by atoms with Crippen LogP contribution in [0.15, 0.2) is 12.4 Å². The van der Waals surface area contributed by atoms with Gasteiger partial charge in [0.1, 0.15) is 12.8 Å². The molecule has 1 rings (SSSR count). The number of ether oxygens (including phenoxy) is 1. The van der Waals surface area contributed by atoms with Gasteiger partial charge in [0.15, 0.2) is 5.78 Å². The largest absolute Gasteiger partial charge is 0.384 e. The van der Waals surface area contributed by atoms with E-state index < -0.39 is 20.2 Å². The van der Waals surface area contributed by atoms with E-state index in [-0.39, 0.29) is 12.2 Å². The molecular weight excluding hydrogens is 286 g/mol. The molecule has 7 heteroatoms. The van der Waals surface area contributed by atoms with Gasteiger partial charge in [-0.15, -0.1) is 0 Å². The lowest BCUT2D eigenvalue weighted by Crippen LogP contribution is -2.38. The number of aromatic nitrogens is 2. The lowest BCUT2D eigenvalue weighted by atomic mass is 10.0.